The lowest BCUT2D eigenvalue weighted by molar-refractivity contribution is -0.141. The fourth-order valence-corrected chi connectivity index (χ4v) is 1.40. The molecule has 1 atom stereocenters. The zero-order valence-corrected chi connectivity index (χ0v) is 10.6. The second-order valence-corrected chi connectivity index (χ2v) is 3.99. The van der Waals surface area contributed by atoms with E-state index in [0.29, 0.717) is 6.42 Å². The minimum atomic E-state index is -0.950. The lowest BCUT2D eigenvalue weighted by Gasteiger charge is -2.11. The summed E-state index contributed by atoms with van der Waals surface area (Å²) in [6, 6.07) is 5.44. The average molecular weight is 269 g/mol. The molecule has 0 heterocycles. The molecule has 19 heavy (non-hydrogen) atoms. The predicted molar refractivity (Wildman–Crippen MR) is 66.3 cm³/mol. The summed E-state index contributed by atoms with van der Waals surface area (Å²) in [5.74, 6) is -2.20. The summed E-state index contributed by atoms with van der Waals surface area (Å²) < 4.78 is 17.9. The van der Waals surface area contributed by atoms with E-state index in [0.717, 1.165) is 0 Å². The molecule has 1 rings (SSSR count). The molecule has 1 aromatic rings. The maximum Gasteiger partial charge on any atom is 0.308 e. The number of ether oxygens (including phenoxy) is 1. The van der Waals surface area contributed by atoms with Gasteiger partial charge in [0.15, 0.2) is 6.61 Å². The van der Waals surface area contributed by atoms with Crippen molar-refractivity contribution >= 4 is 11.9 Å². The number of rotatable bonds is 7. The van der Waals surface area contributed by atoms with Gasteiger partial charge in [0.1, 0.15) is 11.6 Å². The van der Waals surface area contributed by atoms with E-state index in [1.54, 1.807) is 6.92 Å². The molecule has 6 heteroatoms. The number of carboxylic acid groups (broad SMARTS) is 1. The van der Waals surface area contributed by atoms with Gasteiger partial charge in [-0.05, 0) is 18.6 Å². The van der Waals surface area contributed by atoms with E-state index in [4.69, 9.17) is 9.84 Å². The first-order valence-corrected chi connectivity index (χ1v) is 5.90. The Balaban J connectivity index is 2.34. The molecular formula is C13H16FNO4. The van der Waals surface area contributed by atoms with Crippen molar-refractivity contribution in [3.63, 3.8) is 0 Å². The average Bonchev–Trinajstić information content (AvgIpc) is 2.37. The van der Waals surface area contributed by atoms with E-state index in [1.807, 2.05) is 0 Å². The number of carbonyl (C=O) groups is 2. The highest BCUT2D eigenvalue weighted by molar-refractivity contribution is 5.78. The van der Waals surface area contributed by atoms with Crippen molar-refractivity contribution in [3.05, 3.63) is 30.1 Å². The zero-order valence-electron chi connectivity index (χ0n) is 10.6. The lowest BCUT2D eigenvalue weighted by atomic mass is 10.1. The molecule has 1 aromatic carbocycles. The minimum absolute atomic E-state index is 0.0528. The monoisotopic (exact) mass is 269 g/mol. The first-order valence-electron chi connectivity index (χ1n) is 5.90. The normalized spacial score (nSPS) is 11.7. The second kappa shape index (κ2) is 7.35. The Bertz CT molecular complexity index is 450. The Morgan fingerprint density at radius 3 is 2.79 bits per heavy atom. The third-order valence-corrected chi connectivity index (χ3v) is 2.55. The number of hydrogen-bond acceptors (Lipinski definition) is 3. The molecule has 0 aliphatic carbocycles. The highest BCUT2D eigenvalue weighted by Crippen LogP contribution is 2.11. The molecule has 0 aliphatic heterocycles. The molecule has 0 radical (unpaired) electrons. The van der Waals surface area contributed by atoms with E-state index in [-0.39, 0.29) is 18.9 Å². The van der Waals surface area contributed by atoms with Crippen molar-refractivity contribution in [3.8, 4) is 5.75 Å². The Morgan fingerprint density at radius 2 is 2.21 bits per heavy atom. The minimum Gasteiger partial charge on any atom is -0.484 e. The van der Waals surface area contributed by atoms with E-state index < -0.39 is 23.6 Å². The van der Waals surface area contributed by atoms with Crippen LogP contribution in [-0.4, -0.2) is 30.1 Å². The molecule has 0 saturated carbocycles. The second-order valence-electron chi connectivity index (χ2n) is 3.99. The molecule has 1 unspecified atom stereocenters. The maximum absolute atomic E-state index is 12.8. The third-order valence-electron chi connectivity index (χ3n) is 2.55. The molecule has 104 valence electrons. The molecule has 0 fully saturated rings. The van der Waals surface area contributed by atoms with Crippen molar-refractivity contribution in [1.29, 1.82) is 0 Å². The molecule has 0 aromatic heterocycles. The first-order chi connectivity index (χ1) is 9.02. The van der Waals surface area contributed by atoms with Crippen molar-refractivity contribution in [2.75, 3.05) is 13.2 Å². The van der Waals surface area contributed by atoms with Crippen LogP contribution in [-0.2, 0) is 9.59 Å². The number of amides is 1. The Kier molecular flexibility index (Phi) is 5.78. The van der Waals surface area contributed by atoms with Gasteiger partial charge in [-0.2, -0.15) is 0 Å². The first kappa shape index (κ1) is 14.9. The topological polar surface area (TPSA) is 75.6 Å². The number of carbonyl (C=O) groups excluding carboxylic acids is 1. The molecule has 1 amide bonds. The highest BCUT2D eigenvalue weighted by atomic mass is 19.1. The number of hydrogen-bond donors (Lipinski definition) is 2. The largest absolute Gasteiger partial charge is 0.484 e. The van der Waals surface area contributed by atoms with Crippen LogP contribution in [0.4, 0.5) is 4.39 Å². The SMILES string of the molecule is CCC(CNC(=O)COc1cccc(F)c1)C(=O)O. The predicted octanol–water partition coefficient (Wildman–Crippen LogP) is 1.43. The van der Waals surface area contributed by atoms with Crippen LogP contribution in [0.2, 0.25) is 0 Å². The van der Waals surface area contributed by atoms with Crippen LogP contribution in [0, 0.1) is 11.7 Å². The number of carboxylic acids is 1. The standard InChI is InChI=1S/C13H16FNO4/c1-2-9(13(17)18)7-15-12(16)8-19-11-5-3-4-10(14)6-11/h3-6,9H,2,7-8H2,1H3,(H,15,16)(H,17,18). The van der Waals surface area contributed by atoms with Gasteiger partial charge < -0.3 is 15.2 Å². The van der Waals surface area contributed by atoms with Crippen LogP contribution < -0.4 is 10.1 Å². The third kappa shape index (κ3) is 5.37. The fraction of sp³-hybridized carbons (Fsp3) is 0.385. The van der Waals surface area contributed by atoms with Crippen LogP contribution >= 0.6 is 0 Å². The number of halogens is 1. The summed E-state index contributed by atoms with van der Waals surface area (Å²) in [5, 5.41) is 11.3. The van der Waals surface area contributed by atoms with Crippen molar-refractivity contribution in [2.24, 2.45) is 5.92 Å². The van der Waals surface area contributed by atoms with Crippen LogP contribution in [0.3, 0.4) is 0 Å². The van der Waals surface area contributed by atoms with Crippen LogP contribution in [0.1, 0.15) is 13.3 Å². The summed E-state index contributed by atoms with van der Waals surface area (Å²) in [7, 11) is 0. The fourth-order valence-electron chi connectivity index (χ4n) is 1.40. The lowest BCUT2D eigenvalue weighted by Crippen LogP contribution is -2.35. The van der Waals surface area contributed by atoms with Crippen LogP contribution in [0.15, 0.2) is 24.3 Å². The van der Waals surface area contributed by atoms with Gasteiger partial charge in [-0.3, -0.25) is 9.59 Å². The van der Waals surface area contributed by atoms with Crippen LogP contribution in [0.5, 0.6) is 5.75 Å². The summed E-state index contributed by atoms with van der Waals surface area (Å²) in [6.45, 7) is 1.50. The Hall–Kier alpha value is -2.11. The number of benzene rings is 1. The van der Waals surface area contributed by atoms with E-state index in [1.165, 1.54) is 24.3 Å². The molecular weight excluding hydrogens is 253 g/mol. The number of aliphatic carboxylic acids is 1. The summed E-state index contributed by atoms with van der Waals surface area (Å²) in [5.41, 5.74) is 0. The van der Waals surface area contributed by atoms with Gasteiger partial charge in [-0.25, -0.2) is 4.39 Å². The Labute approximate surface area is 110 Å². The van der Waals surface area contributed by atoms with Crippen molar-refractivity contribution in [2.45, 2.75) is 13.3 Å². The molecule has 0 bridgehead atoms. The van der Waals surface area contributed by atoms with Crippen LogP contribution in [0.25, 0.3) is 0 Å². The molecule has 0 saturated heterocycles. The smallest absolute Gasteiger partial charge is 0.308 e. The summed E-state index contributed by atoms with van der Waals surface area (Å²) in [6.07, 6.45) is 0.431. The molecule has 0 spiro atoms. The highest BCUT2D eigenvalue weighted by Gasteiger charge is 2.15. The zero-order chi connectivity index (χ0) is 14.3. The van der Waals surface area contributed by atoms with Gasteiger partial charge in [-0.1, -0.05) is 13.0 Å². The summed E-state index contributed by atoms with van der Waals surface area (Å²) >= 11 is 0. The summed E-state index contributed by atoms with van der Waals surface area (Å²) in [4.78, 5) is 22.2. The van der Waals surface area contributed by atoms with Gasteiger partial charge in [0.2, 0.25) is 0 Å². The van der Waals surface area contributed by atoms with Gasteiger partial charge >= 0.3 is 5.97 Å². The van der Waals surface area contributed by atoms with E-state index in [2.05, 4.69) is 5.32 Å². The van der Waals surface area contributed by atoms with Gasteiger partial charge in [0, 0.05) is 12.6 Å². The van der Waals surface area contributed by atoms with E-state index in [9.17, 15) is 14.0 Å². The van der Waals surface area contributed by atoms with Crippen molar-refractivity contribution < 1.29 is 23.8 Å². The van der Waals surface area contributed by atoms with Crippen molar-refractivity contribution in [1.82, 2.24) is 5.32 Å². The van der Waals surface area contributed by atoms with Gasteiger partial charge in [0.25, 0.3) is 5.91 Å². The van der Waals surface area contributed by atoms with Gasteiger partial charge in [0.05, 0.1) is 5.92 Å². The number of nitrogens with one attached hydrogen (secondary N) is 1. The molecule has 0 aliphatic rings. The quantitative estimate of drug-likeness (QED) is 0.785. The van der Waals surface area contributed by atoms with E-state index >= 15 is 0 Å². The molecule has 5 nitrogen and oxygen atoms in total. The maximum atomic E-state index is 12.8. The van der Waals surface area contributed by atoms with Gasteiger partial charge in [-0.15, -0.1) is 0 Å². The molecule has 2 N–H and O–H groups in total. The Morgan fingerprint density at radius 1 is 1.47 bits per heavy atom.